The van der Waals surface area contributed by atoms with Crippen molar-refractivity contribution < 1.29 is 13.6 Å². The summed E-state index contributed by atoms with van der Waals surface area (Å²) in [5.41, 5.74) is 2.40. The summed E-state index contributed by atoms with van der Waals surface area (Å²) in [6.07, 6.45) is -0.848. The van der Waals surface area contributed by atoms with Gasteiger partial charge in [0.1, 0.15) is 6.54 Å². The summed E-state index contributed by atoms with van der Waals surface area (Å²) in [5.74, 6) is -0.305. The van der Waals surface area contributed by atoms with Gasteiger partial charge in [0.15, 0.2) is 5.65 Å². The summed E-state index contributed by atoms with van der Waals surface area (Å²) >= 11 is 0. The van der Waals surface area contributed by atoms with Gasteiger partial charge in [-0.25, -0.2) is 18.4 Å². The summed E-state index contributed by atoms with van der Waals surface area (Å²) in [7, 11) is 0. The number of carbonyl (C=O) groups excluding carboxylic acids is 1. The van der Waals surface area contributed by atoms with E-state index in [2.05, 4.69) is 20.5 Å². The Bertz CT molecular complexity index is 1220. The van der Waals surface area contributed by atoms with Crippen LogP contribution in [0.15, 0.2) is 48.7 Å². The maximum atomic E-state index is 13.8. The predicted molar refractivity (Wildman–Crippen MR) is 112 cm³/mol. The number of carbonyl (C=O) groups is 1. The summed E-state index contributed by atoms with van der Waals surface area (Å²) in [4.78, 5) is 17.1. The van der Waals surface area contributed by atoms with Gasteiger partial charge in [-0.3, -0.25) is 9.48 Å². The number of aryl methyl sites for hydroxylation is 2. The lowest BCUT2D eigenvalue weighted by Gasteiger charge is -2.09. The zero-order valence-corrected chi connectivity index (χ0v) is 17.2. The first kappa shape index (κ1) is 20.6. The Kier molecular flexibility index (Phi) is 5.75. The van der Waals surface area contributed by atoms with Gasteiger partial charge in [-0.1, -0.05) is 30.3 Å². The first-order valence-electron chi connectivity index (χ1n) is 9.97. The molecule has 1 N–H and O–H groups in total. The van der Waals surface area contributed by atoms with Gasteiger partial charge in [0.25, 0.3) is 6.43 Å². The Morgan fingerprint density at radius 2 is 1.94 bits per heavy atom. The molecule has 7 nitrogen and oxygen atoms in total. The summed E-state index contributed by atoms with van der Waals surface area (Å²) in [6, 6.07) is 12.3. The number of rotatable bonds is 7. The normalized spacial score (nSPS) is 11.4. The quantitative estimate of drug-likeness (QED) is 0.489. The molecule has 4 aromatic rings. The molecule has 0 radical (unpaired) electrons. The molecule has 0 aliphatic heterocycles. The molecule has 0 saturated carbocycles. The topological polar surface area (TPSA) is 77.6 Å². The van der Waals surface area contributed by atoms with Crippen molar-refractivity contribution in [1.29, 1.82) is 0 Å². The van der Waals surface area contributed by atoms with Crippen LogP contribution in [0.1, 0.15) is 30.3 Å². The van der Waals surface area contributed by atoms with E-state index >= 15 is 0 Å². The molecule has 0 spiro atoms. The smallest absolute Gasteiger partial charge is 0.264 e. The third kappa shape index (κ3) is 4.30. The Morgan fingerprint density at radius 1 is 1.16 bits per heavy atom. The van der Waals surface area contributed by atoms with Crippen molar-refractivity contribution in [2.45, 2.75) is 39.9 Å². The zero-order chi connectivity index (χ0) is 22.0. The van der Waals surface area contributed by atoms with Gasteiger partial charge < -0.3 is 5.32 Å². The lowest BCUT2D eigenvalue weighted by molar-refractivity contribution is -0.121. The number of fused-ring (bicyclic) bond motifs is 1. The van der Waals surface area contributed by atoms with E-state index in [0.29, 0.717) is 17.0 Å². The summed E-state index contributed by atoms with van der Waals surface area (Å²) < 4.78 is 30.8. The Labute approximate surface area is 177 Å². The number of nitrogens with zero attached hydrogens (tertiary/aromatic N) is 5. The van der Waals surface area contributed by atoms with Gasteiger partial charge in [-0.15, -0.1) is 0 Å². The Balaban J connectivity index is 1.64. The van der Waals surface area contributed by atoms with E-state index in [9.17, 15) is 13.6 Å². The van der Waals surface area contributed by atoms with E-state index in [1.807, 2.05) is 37.4 Å². The van der Waals surface area contributed by atoms with Gasteiger partial charge in [-0.2, -0.15) is 10.2 Å². The van der Waals surface area contributed by atoms with E-state index in [-0.39, 0.29) is 35.6 Å². The van der Waals surface area contributed by atoms with Crippen LogP contribution < -0.4 is 5.32 Å². The molecule has 31 heavy (non-hydrogen) atoms. The second kappa shape index (κ2) is 8.63. The van der Waals surface area contributed by atoms with Crippen LogP contribution in [-0.4, -0.2) is 30.5 Å². The largest absolute Gasteiger partial charge is 0.349 e. The Hall–Kier alpha value is -3.62. The minimum atomic E-state index is -2.69. The average molecular weight is 424 g/mol. The lowest BCUT2D eigenvalue weighted by atomic mass is 10.1. The molecule has 0 bridgehead atoms. The third-order valence-electron chi connectivity index (χ3n) is 4.99. The molecule has 0 unspecified atom stereocenters. The van der Waals surface area contributed by atoms with E-state index in [4.69, 9.17) is 0 Å². The summed E-state index contributed by atoms with van der Waals surface area (Å²) in [5, 5.41) is 11.7. The minimum absolute atomic E-state index is 0.132. The van der Waals surface area contributed by atoms with Crippen LogP contribution in [0, 0.1) is 6.92 Å². The highest BCUT2D eigenvalue weighted by Gasteiger charge is 2.22. The molecular formula is C22H22F2N6O. The number of aromatic nitrogens is 5. The second-order valence-corrected chi connectivity index (χ2v) is 7.14. The lowest BCUT2D eigenvalue weighted by Crippen LogP contribution is -2.28. The second-order valence-electron chi connectivity index (χ2n) is 7.14. The van der Waals surface area contributed by atoms with Crippen molar-refractivity contribution in [2.75, 3.05) is 0 Å². The molecule has 0 saturated heterocycles. The number of nitrogens with one attached hydrogen (secondary N) is 1. The number of pyridine rings is 1. The van der Waals surface area contributed by atoms with Crippen LogP contribution in [0.25, 0.3) is 22.3 Å². The van der Waals surface area contributed by atoms with Gasteiger partial charge in [-0.05, 0) is 26.0 Å². The van der Waals surface area contributed by atoms with E-state index in [1.54, 1.807) is 23.7 Å². The predicted octanol–water partition coefficient (Wildman–Crippen LogP) is 3.88. The monoisotopic (exact) mass is 424 g/mol. The maximum absolute atomic E-state index is 13.8. The summed E-state index contributed by atoms with van der Waals surface area (Å²) in [6.45, 7) is 4.50. The van der Waals surface area contributed by atoms with Crippen LogP contribution >= 0.6 is 0 Å². The van der Waals surface area contributed by atoms with Crippen LogP contribution in [0.5, 0.6) is 0 Å². The van der Waals surface area contributed by atoms with E-state index < -0.39 is 6.43 Å². The minimum Gasteiger partial charge on any atom is -0.349 e. The van der Waals surface area contributed by atoms with Crippen molar-refractivity contribution in [3.05, 3.63) is 65.6 Å². The van der Waals surface area contributed by atoms with Crippen LogP contribution in [0.2, 0.25) is 0 Å². The molecule has 0 fully saturated rings. The molecule has 1 aromatic carbocycles. The number of hydrogen-bond acceptors (Lipinski definition) is 4. The molecule has 0 aliphatic carbocycles. The van der Waals surface area contributed by atoms with E-state index in [1.165, 1.54) is 10.7 Å². The molecular weight excluding hydrogens is 402 g/mol. The highest BCUT2D eigenvalue weighted by Crippen LogP contribution is 2.32. The van der Waals surface area contributed by atoms with E-state index in [0.717, 1.165) is 12.2 Å². The average Bonchev–Trinajstić information content (AvgIpc) is 3.36. The molecule has 3 aromatic heterocycles. The van der Waals surface area contributed by atoms with Crippen molar-refractivity contribution in [2.24, 2.45) is 0 Å². The fourth-order valence-corrected chi connectivity index (χ4v) is 3.48. The van der Waals surface area contributed by atoms with Crippen LogP contribution in [0.4, 0.5) is 8.78 Å². The van der Waals surface area contributed by atoms with Gasteiger partial charge in [0.2, 0.25) is 5.91 Å². The molecule has 9 heteroatoms. The fourth-order valence-electron chi connectivity index (χ4n) is 3.48. The molecule has 0 atom stereocenters. The van der Waals surface area contributed by atoms with Crippen molar-refractivity contribution in [1.82, 2.24) is 29.9 Å². The van der Waals surface area contributed by atoms with Crippen LogP contribution in [0.3, 0.4) is 0 Å². The highest BCUT2D eigenvalue weighted by molar-refractivity contribution is 5.87. The first-order valence-corrected chi connectivity index (χ1v) is 9.97. The standard InChI is InChI=1S/C22H22F2N6O/c1-3-29-10-9-16(28-29)12-25-19(31)13-30-22-20(14(2)27-30)17(21(23)24)11-18(26-22)15-7-5-4-6-8-15/h4-11,21H,3,12-13H2,1-2H3,(H,25,31). The number of benzene rings is 1. The van der Waals surface area contributed by atoms with Crippen molar-refractivity contribution in [3.8, 4) is 11.3 Å². The van der Waals surface area contributed by atoms with Crippen molar-refractivity contribution in [3.63, 3.8) is 0 Å². The van der Waals surface area contributed by atoms with Gasteiger partial charge >= 0.3 is 0 Å². The Morgan fingerprint density at radius 3 is 2.61 bits per heavy atom. The third-order valence-corrected chi connectivity index (χ3v) is 4.99. The molecule has 160 valence electrons. The number of halogens is 2. The highest BCUT2D eigenvalue weighted by atomic mass is 19.3. The number of hydrogen-bond donors (Lipinski definition) is 1. The molecule has 4 rings (SSSR count). The maximum Gasteiger partial charge on any atom is 0.264 e. The zero-order valence-electron chi connectivity index (χ0n) is 17.2. The number of amides is 1. The molecule has 3 heterocycles. The van der Waals surface area contributed by atoms with Gasteiger partial charge in [0, 0.05) is 23.9 Å². The number of alkyl halides is 2. The first-order chi connectivity index (χ1) is 15.0. The SMILES string of the molecule is CCn1ccc(CNC(=O)Cn2nc(C)c3c(C(F)F)cc(-c4ccccc4)nc32)n1. The van der Waals surface area contributed by atoms with Gasteiger partial charge in [0.05, 0.1) is 29.0 Å². The molecule has 0 aliphatic rings. The fraction of sp³-hybridized carbons (Fsp3) is 0.273. The molecule has 1 amide bonds. The van der Waals surface area contributed by atoms with Crippen molar-refractivity contribution >= 4 is 16.9 Å². The van der Waals surface area contributed by atoms with Crippen LogP contribution in [-0.2, 0) is 24.4 Å².